The van der Waals surface area contributed by atoms with Crippen LogP contribution in [-0.2, 0) is 17.6 Å². The maximum Gasteiger partial charge on any atom is 0.224 e. The summed E-state index contributed by atoms with van der Waals surface area (Å²) >= 11 is 0. The molecule has 0 bridgehead atoms. The zero-order valence-corrected chi connectivity index (χ0v) is 16.2. The summed E-state index contributed by atoms with van der Waals surface area (Å²) in [6, 6.07) is 12.1. The maximum atomic E-state index is 12.2. The first-order valence-corrected chi connectivity index (χ1v) is 9.24. The number of nitrogens with one attached hydrogen (secondary N) is 1. The van der Waals surface area contributed by atoms with Crippen molar-refractivity contribution in [2.45, 2.75) is 40.5 Å². The fourth-order valence-corrected chi connectivity index (χ4v) is 2.76. The fraction of sp³-hybridized carbons (Fsp3) is 0.409. The Labute approximate surface area is 156 Å². The van der Waals surface area contributed by atoms with Gasteiger partial charge in [-0.25, -0.2) is 0 Å². The van der Waals surface area contributed by atoms with Crippen LogP contribution in [-0.4, -0.2) is 25.7 Å². The van der Waals surface area contributed by atoms with Crippen LogP contribution < -0.4 is 14.8 Å². The van der Waals surface area contributed by atoms with Crippen LogP contribution in [0, 0.1) is 13.8 Å². The zero-order chi connectivity index (χ0) is 18.9. The molecule has 0 fully saturated rings. The van der Waals surface area contributed by atoms with E-state index in [-0.39, 0.29) is 5.91 Å². The standard InChI is InChI=1S/C22H29NO3/c1-5-25-20-10-9-18(14-21(20)26-6-2)11-12-23-22(24)15-19-8-7-16(3)17(4)13-19/h7-10,13-14H,5-6,11-12,15H2,1-4H3,(H,23,24). The predicted octanol–water partition coefficient (Wildman–Crippen LogP) is 4.00. The van der Waals surface area contributed by atoms with Gasteiger partial charge in [0.2, 0.25) is 5.91 Å². The van der Waals surface area contributed by atoms with Crippen molar-refractivity contribution in [3.63, 3.8) is 0 Å². The highest BCUT2D eigenvalue weighted by molar-refractivity contribution is 5.78. The van der Waals surface area contributed by atoms with Gasteiger partial charge in [-0.05, 0) is 68.5 Å². The average molecular weight is 355 g/mol. The van der Waals surface area contributed by atoms with E-state index in [9.17, 15) is 4.79 Å². The van der Waals surface area contributed by atoms with Crippen molar-refractivity contribution in [3.8, 4) is 11.5 Å². The summed E-state index contributed by atoms with van der Waals surface area (Å²) in [5, 5.41) is 2.99. The van der Waals surface area contributed by atoms with Crippen molar-refractivity contribution < 1.29 is 14.3 Å². The van der Waals surface area contributed by atoms with E-state index in [4.69, 9.17) is 9.47 Å². The monoisotopic (exact) mass is 355 g/mol. The van der Waals surface area contributed by atoms with Gasteiger partial charge in [0.1, 0.15) is 0 Å². The number of rotatable bonds is 9. The topological polar surface area (TPSA) is 47.6 Å². The minimum absolute atomic E-state index is 0.0456. The number of aryl methyl sites for hydroxylation is 2. The Morgan fingerprint density at radius 3 is 2.27 bits per heavy atom. The van der Waals surface area contributed by atoms with Crippen molar-refractivity contribution in [2.75, 3.05) is 19.8 Å². The number of carbonyl (C=O) groups is 1. The minimum Gasteiger partial charge on any atom is -0.490 e. The summed E-state index contributed by atoms with van der Waals surface area (Å²) in [6.07, 6.45) is 1.17. The molecule has 1 amide bonds. The molecule has 0 aliphatic rings. The molecule has 0 saturated heterocycles. The largest absolute Gasteiger partial charge is 0.490 e. The van der Waals surface area contributed by atoms with E-state index < -0.39 is 0 Å². The second-order valence-corrected chi connectivity index (χ2v) is 6.34. The van der Waals surface area contributed by atoms with Gasteiger partial charge in [0.05, 0.1) is 19.6 Å². The predicted molar refractivity (Wildman–Crippen MR) is 105 cm³/mol. The third-order valence-corrected chi connectivity index (χ3v) is 4.28. The molecule has 0 aromatic heterocycles. The summed E-state index contributed by atoms with van der Waals surface area (Å²) in [4.78, 5) is 12.2. The summed E-state index contributed by atoms with van der Waals surface area (Å²) in [7, 11) is 0. The summed E-state index contributed by atoms with van der Waals surface area (Å²) in [6.45, 7) is 9.85. The summed E-state index contributed by atoms with van der Waals surface area (Å²) < 4.78 is 11.2. The van der Waals surface area contributed by atoms with Crippen LogP contribution in [0.1, 0.15) is 36.1 Å². The number of ether oxygens (including phenoxy) is 2. The molecule has 0 aliphatic heterocycles. The molecule has 0 spiro atoms. The molecular weight excluding hydrogens is 326 g/mol. The molecule has 0 atom stereocenters. The fourth-order valence-electron chi connectivity index (χ4n) is 2.76. The highest BCUT2D eigenvalue weighted by Gasteiger charge is 2.08. The van der Waals surface area contributed by atoms with Crippen LogP contribution in [0.5, 0.6) is 11.5 Å². The Hall–Kier alpha value is -2.49. The molecule has 4 heteroatoms. The molecule has 4 nitrogen and oxygen atoms in total. The lowest BCUT2D eigenvalue weighted by Gasteiger charge is -2.13. The molecule has 0 heterocycles. The first-order chi connectivity index (χ1) is 12.5. The van der Waals surface area contributed by atoms with E-state index in [1.807, 2.05) is 38.1 Å². The molecule has 1 N–H and O–H groups in total. The third-order valence-electron chi connectivity index (χ3n) is 4.28. The normalized spacial score (nSPS) is 10.5. The van der Waals surface area contributed by atoms with Crippen molar-refractivity contribution in [2.24, 2.45) is 0 Å². The first kappa shape index (κ1) is 19.8. The lowest BCUT2D eigenvalue weighted by atomic mass is 10.0. The molecule has 0 saturated carbocycles. The van der Waals surface area contributed by atoms with Gasteiger partial charge in [0, 0.05) is 6.54 Å². The van der Waals surface area contributed by atoms with E-state index in [2.05, 4.69) is 31.3 Å². The van der Waals surface area contributed by atoms with E-state index in [0.29, 0.717) is 26.2 Å². The first-order valence-electron chi connectivity index (χ1n) is 9.24. The SMILES string of the molecule is CCOc1ccc(CCNC(=O)Cc2ccc(C)c(C)c2)cc1OCC. The number of hydrogen-bond acceptors (Lipinski definition) is 3. The lowest BCUT2D eigenvalue weighted by Crippen LogP contribution is -2.27. The van der Waals surface area contributed by atoms with Crippen molar-refractivity contribution in [1.29, 1.82) is 0 Å². The summed E-state index contributed by atoms with van der Waals surface area (Å²) in [5.41, 5.74) is 4.62. The van der Waals surface area contributed by atoms with Gasteiger partial charge in [-0.1, -0.05) is 24.3 Å². The van der Waals surface area contributed by atoms with Crippen molar-refractivity contribution in [3.05, 3.63) is 58.7 Å². The van der Waals surface area contributed by atoms with Gasteiger partial charge in [-0.15, -0.1) is 0 Å². The van der Waals surface area contributed by atoms with Gasteiger partial charge in [0.15, 0.2) is 11.5 Å². The van der Waals surface area contributed by atoms with E-state index in [1.54, 1.807) is 0 Å². The smallest absolute Gasteiger partial charge is 0.224 e. The van der Waals surface area contributed by atoms with Crippen LogP contribution >= 0.6 is 0 Å². The molecule has 2 aromatic carbocycles. The Balaban J connectivity index is 1.87. The zero-order valence-electron chi connectivity index (χ0n) is 16.2. The van der Waals surface area contributed by atoms with Gasteiger partial charge in [0.25, 0.3) is 0 Å². The third kappa shape index (κ3) is 5.80. The number of amides is 1. The van der Waals surface area contributed by atoms with Gasteiger partial charge in [-0.2, -0.15) is 0 Å². The minimum atomic E-state index is 0.0456. The van der Waals surface area contributed by atoms with Gasteiger partial charge < -0.3 is 14.8 Å². The van der Waals surface area contributed by atoms with Crippen LogP contribution in [0.15, 0.2) is 36.4 Å². The lowest BCUT2D eigenvalue weighted by molar-refractivity contribution is -0.120. The second kappa shape index (κ2) is 9.85. The molecule has 0 aliphatic carbocycles. The summed E-state index contributed by atoms with van der Waals surface area (Å²) in [5.74, 6) is 1.56. The average Bonchev–Trinajstić information content (AvgIpc) is 2.61. The molecule has 0 radical (unpaired) electrons. The molecule has 26 heavy (non-hydrogen) atoms. The van der Waals surface area contributed by atoms with Crippen molar-refractivity contribution >= 4 is 5.91 Å². The van der Waals surface area contributed by atoms with Crippen LogP contribution in [0.25, 0.3) is 0 Å². The molecule has 140 valence electrons. The maximum absolute atomic E-state index is 12.2. The number of benzene rings is 2. The Morgan fingerprint density at radius 2 is 1.58 bits per heavy atom. The van der Waals surface area contributed by atoms with Gasteiger partial charge in [-0.3, -0.25) is 4.79 Å². The van der Waals surface area contributed by atoms with Crippen LogP contribution in [0.3, 0.4) is 0 Å². The highest BCUT2D eigenvalue weighted by atomic mass is 16.5. The molecule has 0 unspecified atom stereocenters. The van der Waals surface area contributed by atoms with E-state index in [0.717, 1.165) is 29.0 Å². The molecule has 2 rings (SSSR count). The Bertz CT molecular complexity index is 740. The van der Waals surface area contributed by atoms with E-state index in [1.165, 1.54) is 11.1 Å². The Morgan fingerprint density at radius 1 is 0.885 bits per heavy atom. The van der Waals surface area contributed by atoms with Crippen LogP contribution in [0.2, 0.25) is 0 Å². The quantitative estimate of drug-likeness (QED) is 0.739. The molecule has 2 aromatic rings. The highest BCUT2D eigenvalue weighted by Crippen LogP contribution is 2.28. The van der Waals surface area contributed by atoms with E-state index >= 15 is 0 Å². The number of carbonyl (C=O) groups excluding carboxylic acids is 1. The Kier molecular flexibility index (Phi) is 7.52. The van der Waals surface area contributed by atoms with Crippen LogP contribution in [0.4, 0.5) is 0 Å². The molecular formula is C22H29NO3. The second-order valence-electron chi connectivity index (χ2n) is 6.34. The van der Waals surface area contributed by atoms with Gasteiger partial charge >= 0.3 is 0 Å². The number of hydrogen-bond donors (Lipinski definition) is 1. The van der Waals surface area contributed by atoms with Crippen molar-refractivity contribution in [1.82, 2.24) is 5.32 Å².